The van der Waals surface area contributed by atoms with Gasteiger partial charge in [-0.25, -0.2) is 13.6 Å². The van der Waals surface area contributed by atoms with Gasteiger partial charge in [-0.05, 0) is 36.4 Å². The number of hydrogen-bond donors (Lipinski definition) is 1. The third-order valence-corrected chi connectivity index (χ3v) is 2.98. The maximum Gasteiger partial charge on any atom is 0.344 e. The first-order chi connectivity index (χ1) is 12.0. The van der Waals surface area contributed by atoms with Gasteiger partial charge in [-0.2, -0.15) is 0 Å². The molecule has 6 nitrogen and oxygen atoms in total. The molecule has 0 bridgehead atoms. The van der Waals surface area contributed by atoms with Crippen molar-refractivity contribution in [2.75, 3.05) is 25.6 Å². The molecule has 0 radical (unpaired) electrons. The third-order valence-electron chi connectivity index (χ3n) is 2.98. The molecule has 1 amide bonds. The number of ether oxygens (including phenoxy) is 3. The summed E-state index contributed by atoms with van der Waals surface area (Å²) < 4.78 is 41.2. The molecule has 0 atom stereocenters. The molecule has 1 N–H and O–H groups in total. The molecule has 0 aliphatic carbocycles. The van der Waals surface area contributed by atoms with Crippen molar-refractivity contribution < 1.29 is 32.6 Å². The summed E-state index contributed by atoms with van der Waals surface area (Å²) >= 11 is 0. The minimum absolute atomic E-state index is 0.337. The Labute approximate surface area is 142 Å². The molecule has 2 aromatic carbocycles. The van der Waals surface area contributed by atoms with Crippen LogP contribution in [0.25, 0.3) is 0 Å². The molecule has 0 saturated carbocycles. The van der Waals surface area contributed by atoms with Gasteiger partial charge in [0, 0.05) is 6.07 Å². The van der Waals surface area contributed by atoms with Crippen molar-refractivity contribution in [3.05, 3.63) is 54.1 Å². The highest BCUT2D eigenvalue weighted by atomic mass is 19.1. The van der Waals surface area contributed by atoms with Crippen LogP contribution in [-0.4, -0.2) is 32.2 Å². The van der Waals surface area contributed by atoms with Gasteiger partial charge in [0.15, 0.2) is 13.2 Å². The fraction of sp³-hybridized carbons (Fsp3) is 0.176. The number of anilines is 1. The first-order valence-electron chi connectivity index (χ1n) is 7.15. The number of rotatable bonds is 7. The second kappa shape index (κ2) is 8.62. The van der Waals surface area contributed by atoms with E-state index in [1.807, 2.05) is 0 Å². The van der Waals surface area contributed by atoms with Gasteiger partial charge in [0.25, 0.3) is 5.91 Å². The Morgan fingerprint density at radius 3 is 2.36 bits per heavy atom. The van der Waals surface area contributed by atoms with E-state index in [1.165, 1.54) is 7.11 Å². The summed E-state index contributed by atoms with van der Waals surface area (Å²) in [6, 6.07) is 9.13. The van der Waals surface area contributed by atoms with Gasteiger partial charge in [0.1, 0.15) is 23.1 Å². The van der Waals surface area contributed by atoms with Crippen LogP contribution in [0.2, 0.25) is 0 Å². The summed E-state index contributed by atoms with van der Waals surface area (Å²) in [4.78, 5) is 23.1. The van der Waals surface area contributed by atoms with E-state index in [1.54, 1.807) is 24.3 Å². The lowest BCUT2D eigenvalue weighted by Gasteiger charge is -2.09. The number of nitrogens with one attached hydrogen (secondary N) is 1. The monoisotopic (exact) mass is 351 g/mol. The average molecular weight is 351 g/mol. The summed E-state index contributed by atoms with van der Waals surface area (Å²) in [5.41, 5.74) is -0.337. The van der Waals surface area contributed by atoms with Crippen LogP contribution in [-0.2, 0) is 14.3 Å². The summed E-state index contributed by atoms with van der Waals surface area (Å²) in [7, 11) is 1.52. The van der Waals surface area contributed by atoms with Crippen LogP contribution < -0.4 is 14.8 Å². The van der Waals surface area contributed by atoms with Crippen LogP contribution in [0.5, 0.6) is 11.5 Å². The Bertz CT molecular complexity index is 749. The van der Waals surface area contributed by atoms with Crippen LogP contribution in [0, 0.1) is 11.6 Å². The second-order valence-corrected chi connectivity index (χ2v) is 4.80. The van der Waals surface area contributed by atoms with Gasteiger partial charge < -0.3 is 19.5 Å². The number of benzene rings is 2. The van der Waals surface area contributed by atoms with Crippen LogP contribution in [0.3, 0.4) is 0 Å². The molecule has 2 rings (SSSR count). The largest absolute Gasteiger partial charge is 0.497 e. The molecule has 0 fully saturated rings. The molecule has 0 saturated heterocycles. The normalized spacial score (nSPS) is 10.0. The second-order valence-electron chi connectivity index (χ2n) is 4.80. The molecule has 2 aromatic rings. The summed E-state index contributed by atoms with van der Waals surface area (Å²) in [6.45, 7) is -1.06. The SMILES string of the molecule is COc1ccc(OCC(=O)OCC(=O)Nc2cc(F)ccc2F)cc1. The first kappa shape index (κ1) is 18.2. The quantitative estimate of drug-likeness (QED) is 0.776. The molecule has 0 unspecified atom stereocenters. The third kappa shape index (κ3) is 5.76. The summed E-state index contributed by atoms with van der Waals surface area (Å²) in [5.74, 6) is -2.04. The van der Waals surface area contributed by atoms with E-state index in [9.17, 15) is 18.4 Å². The standard InChI is InChI=1S/C17H15F2NO5/c1-23-12-3-5-13(6-4-12)24-10-17(22)25-9-16(21)20-15-8-11(18)2-7-14(15)19/h2-8H,9-10H2,1H3,(H,20,21). The molecular weight excluding hydrogens is 336 g/mol. The predicted molar refractivity (Wildman–Crippen MR) is 84.4 cm³/mol. The van der Waals surface area contributed by atoms with Gasteiger partial charge in [0.2, 0.25) is 0 Å². The highest BCUT2D eigenvalue weighted by Gasteiger charge is 2.11. The Hall–Kier alpha value is -3.16. The van der Waals surface area contributed by atoms with Crippen molar-refractivity contribution in [3.63, 3.8) is 0 Å². The van der Waals surface area contributed by atoms with E-state index < -0.39 is 36.7 Å². The zero-order valence-corrected chi connectivity index (χ0v) is 13.3. The van der Waals surface area contributed by atoms with Crippen LogP contribution in [0.4, 0.5) is 14.5 Å². The smallest absolute Gasteiger partial charge is 0.344 e. The molecule has 0 heterocycles. The Morgan fingerprint density at radius 2 is 1.68 bits per heavy atom. The van der Waals surface area contributed by atoms with Crippen molar-refractivity contribution >= 4 is 17.6 Å². The van der Waals surface area contributed by atoms with Crippen molar-refractivity contribution in [3.8, 4) is 11.5 Å². The van der Waals surface area contributed by atoms with E-state index >= 15 is 0 Å². The van der Waals surface area contributed by atoms with Crippen LogP contribution in [0.1, 0.15) is 0 Å². The zero-order chi connectivity index (χ0) is 18.2. The Kier molecular flexibility index (Phi) is 6.27. The van der Waals surface area contributed by atoms with E-state index in [2.05, 4.69) is 5.32 Å². The van der Waals surface area contributed by atoms with E-state index in [0.717, 1.165) is 18.2 Å². The van der Waals surface area contributed by atoms with Crippen molar-refractivity contribution in [2.24, 2.45) is 0 Å². The molecule has 0 aromatic heterocycles. The minimum atomic E-state index is -0.803. The average Bonchev–Trinajstić information content (AvgIpc) is 2.61. The van der Waals surface area contributed by atoms with Gasteiger partial charge >= 0.3 is 5.97 Å². The summed E-state index contributed by atoms with van der Waals surface area (Å²) in [6.07, 6.45) is 0. The number of methoxy groups -OCH3 is 1. The molecule has 0 aliphatic heterocycles. The van der Waals surface area contributed by atoms with Crippen molar-refractivity contribution in [1.82, 2.24) is 0 Å². The fourth-order valence-electron chi connectivity index (χ4n) is 1.78. The zero-order valence-electron chi connectivity index (χ0n) is 13.3. The Balaban J connectivity index is 1.75. The van der Waals surface area contributed by atoms with Gasteiger partial charge in [-0.15, -0.1) is 0 Å². The number of carbonyl (C=O) groups excluding carboxylic acids is 2. The lowest BCUT2D eigenvalue weighted by Crippen LogP contribution is -2.24. The lowest BCUT2D eigenvalue weighted by atomic mass is 10.3. The topological polar surface area (TPSA) is 73.9 Å². The Morgan fingerprint density at radius 1 is 1.00 bits per heavy atom. The first-order valence-corrected chi connectivity index (χ1v) is 7.15. The number of amides is 1. The number of carbonyl (C=O) groups is 2. The minimum Gasteiger partial charge on any atom is -0.497 e. The number of halogens is 2. The van der Waals surface area contributed by atoms with Crippen molar-refractivity contribution in [2.45, 2.75) is 0 Å². The van der Waals surface area contributed by atoms with Crippen LogP contribution >= 0.6 is 0 Å². The summed E-state index contributed by atoms with van der Waals surface area (Å²) in [5, 5.41) is 2.11. The fourth-order valence-corrected chi connectivity index (χ4v) is 1.78. The maximum absolute atomic E-state index is 13.4. The molecule has 0 aliphatic rings. The van der Waals surface area contributed by atoms with Gasteiger partial charge in [0.05, 0.1) is 12.8 Å². The van der Waals surface area contributed by atoms with Gasteiger partial charge in [-0.3, -0.25) is 4.79 Å². The van der Waals surface area contributed by atoms with E-state index in [0.29, 0.717) is 11.5 Å². The highest BCUT2D eigenvalue weighted by Crippen LogP contribution is 2.17. The molecule has 132 valence electrons. The molecular formula is C17H15F2NO5. The number of esters is 1. The molecule has 25 heavy (non-hydrogen) atoms. The molecule has 8 heteroatoms. The maximum atomic E-state index is 13.4. The van der Waals surface area contributed by atoms with Crippen molar-refractivity contribution in [1.29, 1.82) is 0 Å². The predicted octanol–water partition coefficient (Wildman–Crippen LogP) is 2.53. The molecule has 0 spiro atoms. The van der Waals surface area contributed by atoms with E-state index in [-0.39, 0.29) is 5.69 Å². The van der Waals surface area contributed by atoms with E-state index in [4.69, 9.17) is 14.2 Å². The van der Waals surface area contributed by atoms with Crippen LogP contribution in [0.15, 0.2) is 42.5 Å². The number of hydrogen-bond acceptors (Lipinski definition) is 5. The highest BCUT2D eigenvalue weighted by molar-refractivity contribution is 5.92. The lowest BCUT2D eigenvalue weighted by molar-refractivity contribution is -0.149. The van der Waals surface area contributed by atoms with Gasteiger partial charge in [-0.1, -0.05) is 0 Å².